The summed E-state index contributed by atoms with van der Waals surface area (Å²) in [4.78, 5) is 13.8. The minimum absolute atomic E-state index is 0.137. The lowest BCUT2D eigenvalue weighted by Crippen LogP contribution is -2.02. The predicted octanol–water partition coefficient (Wildman–Crippen LogP) is 4.36. The van der Waals surface area contributed by atoms with Crippen LogP contribution in [0.25, 0.3) is 10.9 Å². The highest BCUT2D eigenvalue weighted by atomic mass is 35.5. The molecule has 0 radical (unpaired) electrons. The van der Waals surface area contributed by atoms with Crippen LogP contribution in [0.3, 0.4) is 0 Å². The van der Waals surface area contributed by atoms with Crippen molar-refractivity contribution in [2.75, 3.05) is 6.61 Å². The van der Waals surface area contributed by atoms with E-state index in [-0.39, 0.29) is 5.56 Å². The molecule has 0 aliphatic heterocycles. The molecule has 0 fully saturated rings. The first-order valence-corrected chi connectivity index (χ1v) is 9.92. The van der Waals surface area contributed by atoms with Crippen molar-refractivity contribution < 1.29 is 13.2 Å². The van der Waals surface area contributed by atoms with Crippen LogP contribution in [0, 0.1) is 0 Å². The monoisotopic (exact) mass is 425 g/mol. The van der Waals surface area contributed by atoms with E-state index in [1.807, 2.05) is 18.2 Å². The average Bonchev–Trinajstić information content (AvgIpc) is 2.64. The zero-order valence-electron chi connectivity index (χ0n) is 14.2. The maximum atomic E-state index is 11.1. The van der Waals surface area contributed by atoms with Crippen LogP contribution in [0.15, 0.2) is 59.4 Å². The quantitative estimate of drug-likeness (QED) is 0.486. The van der Waals surface area contributed by atoms with E-state index < -0.39 is 10.3 Å². The van der Waals surface area contributed by atoms with Crippen LogP contribution < -0.4 is 10.3 Å². The zero-order valence-corrected chi connectivity index (χ0v) is 16.5. The molecule has 0 atom stereocenters. The van der Waals surface area contributed by atoms with Gasteiger partial charge in [-0.1, -0.05) is 35.3 Å². The fraction of sp³-hybridized carbons (Fsp3) is 0.158. The van der Waals surface area contributed by atoms with E-state index in [1.54, 1.807) is 30.3 Å². The molecule has 3 aromatic rings. The van der Waals surface area contributed by atoms with Gasteiger partial charge in [-0.15, -0.1) is 0 Å². The lowest BCUT2D eigenvalue weighted by atomic mass is 10.2. The van der Waals surface area contributed by atoms with Crippen LogP contribution in [-0.4, -0.2) is 25.4 Å². The second kappa shape index (κ2) is 10.8. The highest BCUT2D eigenvalue weighted by Gasteiger charge is 1.98. The summed E-state index contributed by atoms with van der Waals surface area (Å²) in [5.74, 6) is 0.697. The predicted molar refractivity (Wildman–Crippen MR) is 111 cm³/mol. The number of fused-ring (bicyclic) bond motifs is 1. The third kappa shape index (κ3) is 7.46. The summed E-state index contributed by atoms with van der Waals surface area (Å²) in [6.45, 7) is 0.447. The van der Waals surface area contributed by atoms with Gasteiger partial charge in [0, 0.05) is 22.3 Å². The van der Waals surface area contributed by atoms with E-state index in [2.05, 4.69) is 4.98 Å². The Hall–Kier alpha value is -2.28. The first-order valence-electron chi connectivity index (χ1n) is 8.03. The zero-order chi connectivity index (χ0) is 19.6. The van der Waals surface area contributed by atoms with E-state index in [9.17, 15) is 13.2 Å². The summed E-state index contributed by atoms with van der Waals surface area (Å²) in [6.07, 6.45) is 1.11. The Morgan fingerprint density at radius 3 is 2.33 bits per heavy atom. The summed E-state index contributed by atoms with van der Waals surface area (Å²) in [6, 6.07) is 15.8. The number of rotatable bonds is 5. The van der Waals surface area contributed by atoms with Crippen LogP contribution in [-0.2, 0) is 10.3 Å². The molecule has 1 N–H and O–H groups in total. The van der Waals surface area contributed by atoms with Crippen molar-refractivity contribution in [3.8, 4) is 5.75 Å². The average molecular weight is 426 g/mol. The number of pyridine rings is 1. The van der Waals surface area contributed by atoms with Crippen molar-refractivity contribution in [2.45, 2.75) is 12.8 Å². The number of benzene rings is 2. The standard InChI is InChI=1S/C13H13NO4S.C6H4Cl2/c15-13-6-3-10-9-11(4-5-12(10)14-13)18-7-1-2-8-19(16)17;7-5-3-1-2-4-6(5)8/h3-6,8-9H,1-2,7H2,(H,14,15);1-4H. The number of aromatic amines is 1. The van der Waals surface area contributed by atoms with Crippen molar-refractivity contribution >= 4 is 49.8 Å². The minimum Gasteiger partial charge on any atom is -0.494 e. The molecule has 27 heavy (non-hydrogen) atoms. The summed E-state index contributed by atoms with van der Waals surface area (Å²) in [7, 11) is -2.10. The normalized spacial score (nSPS) is 10.0. The van der Waals surface area contributed by atoms with Gasteiger partial charge in [0.1, 0.15) is 5.75 Å². The van der Waals surface area contributed by atoms with Gasteiger partial charge in [-0.3, -0.25) is 4.79 Å². The number of aromatic nitrogens is 1. The van der Waals surface area contributed by atoms with E-state index in [0.29, 0.717) is 35.2 Å². The molecule has 0 saturated carbocycles. The van der Waals surface area contributed by atoms with Crippen molar-refractivity contribution in [3.05, 3.63) is 75.0 Å². The van der Waals surface area contributed by atoms with E-state index in [0.717, 1.165) is 10.9 Å². The van der Waals surface area contributed by atoms with Crippen LogP contribution in [0.1, 0.15) is 12.8 Å². The smallest absolute Gasteiger partial charge is 0.248 e. The molecule has 8 heteroatoms. The summed E-state index contributed by atoms with van der Waals surface area (Å²) in [5, 5.41) is 3.32. The molecule has 0 unspecified atom stereocenters. The van der Waals surface area contributed by atoms with Gasteiger partial charge in [0.15, 0.2) is 0 Å². The number of nitrogens with one attached hydrogen (secondary N) is 1. The number of unbranched alkanes of at least 4 members (excludes halogenated alkanes) is 1. The maximum Gasteiger partial charge on any atom is 0.248 e. The van der Waals surface area contributed by atoms with Gasteiger partial charge >= 0.3 is 0 Å². The van der Waals surface area contributed by atoms with Crippen LogP contribution in [0.4, 0.5) is 0 Å². The van der Waals surface area contributed by atoms with Gasteiger partial charge in [0.2, 0.25) is 15.9 Å². The van der Waals surface area contributed by atoms with Gasteiger partial charge in [-0.25, -0.2) is 0 Å². The molecule has 0 aliphatic rings. The largest absolute Gasteiger partial charge is 0.494 e. The molecular formula is C19H17Cl2NO4S. The summed E-state index contributed by atoms with van der Waals surface area (Å²) < 4.78 is 26.1. The lowest BCUT2D eigenvalue weighted by Gasteiger charge is -2.06. The first kappa shape index (κ1) is 21.0. The molecule has 5 nitrogen and oxygen atoms in total. The summed E-state index contributed by atoms with van der Waals surface area (Å²) in [5.41, 5.74) is 0.622. The Kier molecular flexibility index (Phi) is 8.39. The van der Waals surface area contributed by atoms with Gasteiger partial charge in [0.25, 0.3) is 0 Å². The van der Waals surface area contributed by atoms with Gasteiger partial charge < -0.3 is 9.72 Å². The molecule has 3 rings (SSSR count). The first-order chi connectivity index (χ1) is 13.0. The third-order valence-corrected chi connectivity index (χ3v) is 4.65. The Morgan fingerprint density at radius 1 is 1.00 bits per heavy atom. The Bertz CT molecular complexity index is 1070. The van der Waals surface area contributed by atoms with Crippen molar-refractivity contribution in [1.29, 1.82) is 0 Å². The molecular weight excluding hydrogens is 409 g/mol. The lowest BCUT2D eigenvalue weighted by molar-refractivity contribution is 0.314. The highest BCUT2D eigenvalue weighted by molar-refractivity contribution is 7.71. The Balaban J connectivity index is 0.000000273. The molecule has 2 aromatic carbocycles. The van der Waals surface area contributed by atoms with Gasteiger partial charge in [-0.2, -0.15) is 8.42 Å². The summed E-state index contributed by atoms with van der Waals surface area (Å²) >= 11 is 11.2. The van der Waals surface area contributed by atoms with Crippen molar-refractivity contribution in [1.82, 2.24) is 4.98 Å². The molecule has 0 spiro atoms. The van der Waals surface area contributed by atoms with Gasteiger partial charge in [0.05, 0.1) is 16.7 Å². The molecule has 142 valence electrons. The van der Waals surface area contributed by atoms with Crippen LogP contribution in [0.5, 0.6) is 5.75 Å². The number of halogens is 2. The fourth-order valence-electron chi connectivity index (χ4n) is 2.11. The SMILES string of the molecule is Clc1ccccc1Cl.O=c1ccc2cc(OCCCC=S(=O)=O)ccc2[nH]1. The minimum atomic E-state index is -2.10. The number of hydrogen-bond donors (Lipinski definition) is 1. The molecule has 0 amide bonds. The number of hydrogen-bond acceptors (Lipinski definition) is 4. The van der Waals surface area contributed by atoms with Gasteiger partial charge in [-0.05, 0) is 49.2 Å². The molecule has 1 heterocycles. The molecule has 0 aliphatic carbocycles. The fourth-order valence-corrected chi connectivity index (χ4v) is 2.74. The Morgan fingerprint density at radius 2 is 1.70 bits per heavy atom. The van der Waals surface area contributed by atoms with Crippen LogP contribution >= 0.6 is 23.2 Å². The molecule has 0 bridgehead atoms. The molecule has 0 saturated heterocycles. The second-order valence-electron chi connectivity index (χ2n) is 5.40. The van der Waals surface area contributed by atoms with E-state index in [1.165, 1.54) is 11.4 Å². The molecule has 1 aromatic heterocycles. The maximum absolute atomic E-state index is 11.1. The van der Waals surface area contributed by atoms with Crippen molar-refractivity contribution in [3.63, 3.8) is 0 Å². The van der Waals surface area contributed by atoms with Crippen LogP contribution in [0.2, 0.25) is 10.0 Å². The Labute approximate surface area is 168 Å². The van der Waals surface area contributed by atoms with Crippen molar-refractivity contribution in [2.24, 2.45) is 0 Å². The number of ether oxygens (including phenoxy) is 1. The van der Waals surface area contributed by atoms with E-state index >= 15 is 0 Å². The number of H-pyrrole nitrogens is 1. The third-order valence-electron chi connectivity index (χ3n) is 3.39. The second-order valence-corrected chi connectivity index (χ2v) is 7.07. The highest BCUT2D eigenvalue weighted by Crippen LogP contribution is 2.19. The van der Waals surface area contributed by atoms with E-state index in [4.69, 9.17) is 27.9 Å². The topological polar surface area (TPSA) is 76.2 Å².